The first-order valence-electron chi connectivity index (χ1n) is 9.14. The van der Waals surface area contributed by atoms with Gasteiger partial charge in [-0.05, 0) is 31.7 Å². The lowest BCUT2D eigenvalue weighted by Gasteiger charge is -2.12. The molecule has 144 valence electrons. The van der Waals surface area contributed by atoms with Crippen molar-refractivity contribution in [2.45, 2.75) is 38.8 Å². The van der Waals surface area contributed by atoms with Crippen molar-refractivity contribution in [3.63, 3.8) is 0 Å². The number of nitro groups is 1. The van der Waals surface area contributed by atoms with E-state index in [1.54, 1.807) is 12.1 Å². The lowest BCUT2D eigenvalue weighted by molar-refractivity contribution is -0.384. The zero-order chi connectivity index (χ0) is 18.6. The van der Waals surface area contributed by atoms with Crippen molar-refractivity contribution in [1.29, 1.82) is 0 Å². The number of non-ortho nitro benzene ring substituents is 1. The Kier molecular flexibility index (Phi) is 8.85. The normalized spacial score (nSPS) is 17.3. The van der Waals surface area contributed by atoms with Crippen LogP contribution in [-0.2, 0) is 16.0 Å². The molecular weight excluding hydrogens is 336 g/mol. The molecule has 1 aromatic rings. The molecule has 0 aromatic heterocycles. The number of rotatable bonds is 10. The third-order valence-electron chi connectivity index (χ3n) is 3.97. The summed E-state index contributed by atoms with van der Waals surface area (Å²) in [6.45, 7) is 6.06. The Morgan fingerprint density at radius 3 is 3.08 bits per heavy atom. The third-order valence-corrected chi connectivity index (χ3v) is 3.97. The van der Waals surface area contributed by atoms with Gasteiger partial charge >= 0.3 is 0 Å². The molecule has 0 bridgehead atoms. The maximum atomic E-state index is 10.8. The molecule has 1 heterocycles. The van der Waals surface area contributed by atoms with Crippen molar-refractivity contribution in [1.82, 2.24) is 10.6 Å². The van der Waals surface area contributed by atoms with E-state index in [2.05, 4.69) is 15.6 Å². The Bertz CT molecular complexity index is 588. The van der Waals surface area contributed by atoms with E-state index in [0.29, 0.717) is 25.7 Å². The molecule has 1 unspecified atom stereocenters. The number of guanidine groups is 1. The standard InChI is InChI=1S/C18H28N4O4/c1-2-19-18(20-9-5-10-25-14-17-8-4-11-26-17)21-13-15-6-3-7-16(12-15)22(23)24/h3,6-7,12,17H,2,4-5,8-11,13-14H2,1H3,(H2,19,20,21). The van der Waals surface area contributed by atoms with Crippen LogP contribution in [0.25, 0.3) is 0 Å². The van der Waals surface area contributed by atoms with Gasteiger partial charge in [0.15, 0.2) is 5.96 Å². The van der Waals surface area contributed by atoms with Crippen molar-refractivity contribution < 1.29 is 14.4 Å². The lowest BCUT2D eigenvalue weighted by Crippen LogP contribution is -2.38. The minimum absolute atomic E-state index is 0.0825. The highest BCUT2D eigenvalue weighted by molar-refractivity contribution is 5.79. The number of ether oxygens (including phenoxy) is 2. The second-order valence-electron chi connectivity index (χ2n) is 6.11. The van der Waals surface area contributed by atoms with Gasteiger partial charge in [-0.2, -0.15) is 0 Å². The summed E-state index contributed by atoms with van der Waals surface area (Å²) in [5.41, 5.74) is 0.885. The molecule has 0 amide bonds. The van der Waals surface area contributed by atoms with Gasteiger partial charge < -0.3 is 20.1 Å². The van der Waals surface area contributed by atoms with Crippen LogP contribution in [0.2, 0.25) is 0 Å². The van der Waals surface area contributed by atoms with Crippen LogP contribution in [0.4, 0.5) is 5.69 Å². The van der Waals surface area contributed by atoms with Gasteiger partial charge in [-0.3, -0.25) is 10.1 Å². The minimum Gasteiger partial charge on any atom is -0.379 e. The van der Waals surface area contributed by atoms with Gasteiger partial charge in [0, 0.05) is 38.4 Å². The van der Waals surface area contributed by atoms with Crippen molar-refractivity contribution in [2.75, 3.05) is 32.9 Å². The van der Waals surface area contributed by atoms with Gasteiger partial charge in [-0.15, -0.1) is 0 Å². The molecular formula is C18H28N4O4. The number of nitrogens with one attached hydrogen (secondary N) is 2. The minimum atomic E-state index is -0.396. The molecule has 1 aliphatic rings. The molecule has 2 N–H and O–H groups in total. The van der Waals surface area contributed by atoms with Crippen molar-refractivity contribution in [3.8, 4) is 0 Å². The molecule has 26 heavy (non-hydrogen) atoms. The van der Waals surface area contributed by atoms with E-state index < -0.39 is 4.92 Å². The Balaban J connectivity index is 1.70. The fourth-order valence-corrected chi connectivity index (χ4v) is 2.65. The maximum absolute atomic E-state index is 10.8. The van der Waals surface area contributed by atoms with Crippen LogP contribution in [0.15, 0.2) is 29.3 Å². The van der Waals surface area contributed by atoms with Crippen LogP contribution in [0.5, 0.6) is 0 Å². The average molecular weight is 364 g/mol. The lowest BCUT2D eigenvalue weighted by atomic mass is 10.2. The highest BCUT2D eigenvalue weighted by atomic mass is 16.6. The summed E-state index contributed by atoms with van der Waals surface area (Å²) in [5.74, 6) is 0.693. The summed E-state index contributed by atoms with van der Waals surface area (Å²) in [6, 6.07) is 6.53. The monoisotopic (exact) mass is 364 g/mol. The predicted octanol–water partition coefficient (Wildman–Crippen LogP) is 2.24. The predicted molar refractivity (Wildman–Crippen MR) is 100 cm³/mol. The number of hydrogen-bond acceptors (Lipinski definition) is 5. The molecule has 8 heteroatoms. The number of nitro benzene ring substituents is 1. The van der Waals surface area contributed by atoms with Crippen LogP contribution in [0, 0.1) is 10.1 Å². The van der Waals surface area contributed by atoms with Gasteiger partial charge in [0.2, 0.25) is 0 Å². The summed E-state index contributed by atoms with van der Waals surface area (Å²) < 4.78 is 11.2. The summed E-state index contributed by atoms with van der Waals surface area (Å²) >= 11 is 0. The first-order chi connectivity index (χ1) is 12.7. The van der Waals surface area contributed by atoms with Crippen LogP contribution in [-0.4, -0.2) is 49.9 Å². The number of aliphatic imine (C=N–C) groups is 1. The Morgan fingerprint density at radius 1 is 1.46 bits per heavy atom. The maximum Gasteiger partial charge on any atom is 0.269 e. The smallest absolute Gasteiger partial charge is 0.269 e. The third kappa shape index (κ3) is 7.37. The molecule has 8 nitrogen and oxygen atoms in total. The van der Waals surface area contributed by atoms with Crippen LogP contribution in [0.3, 0.4) is 0 Å². The SMILES string of the molecule is CCNC(=NCc1cccc([N+](=O)[O-])c1)NCCCOCC1CCCO1. The van der Waals surface area contributed by atoms with E-state index in [-0.39, 0.29) is 11.8 Å². The Labute approximate surface area is 154 Å². The van der Waals surface area contributed by atoms with E-state index in [9.17, 15) is 10.1 Å². The molecule has 1 aromatic carbocycles. The second kappa shape index (κ2) is 11.4. The van der Waals surface area contributed by atoms with Gasteiger partial charge in [0.1, 0.15) is 0 Å². The van der Waals surface area contributed by atoms with Crippen LogP contribution >= 0.6 is 0 Å². The van der Waals surface area contributed by atoms with E-state index in [0.717, 1.165) is 44.5 Å². The van der Waals surface area contributed by atoms with E-state index >= 15 is 0 Å². The molecule has 0 aliphatic carbocycles. The molecule has 1 aliphatic heterocycles. The second-order valence-corrected chi connectivity index (χ2v) is 6.11. The summed E-state index contributed by atoms with van der Waals surface area (Å²) in [5, 5.41) is 17.3. The summed E-state index contributed by atoms with van der Waals surface area (Å²) in [7, 11) is 0. The van der Waals surface area contributed by atoms with Crippen molar-refractivity contribution in [3.05, 3.63) is 39.9 Å². The average Bonchev–Trinajstić information content (AvgIpc) is 3.16. The first-order valence-corrected chi connectivity index (χ1v) is 9.14. The molecule has 1 saturated heterocycles. The zero-order valence-corrected chi connectivity index (χ0v) is 15.3. The Hall–Kier alpha value is -2.19. The summed E-state index contributed by atoms with van der Waals surface area (Å²) in [4.78, 5) is 14.9. The highest BCUT2D eigenvalue weighted by Crippen LogP contribution is 2.13. The van der Waals surface area contributed by atoms with Crippen molar-refractivity contribution >= 4 is 11.6 Å². The zero-order valence-electron chi connectivity index (χ0n) is 15.3. The molecule has 1 atom stereocenters. The van der Waals surface area contributed by atoms with Gasteiger partial charge in [-0.1, -0.05) is 12.1 Å². The number of hydrogen-bond donors (Lipinski definition) is 2. The number of benzene rings is 1. The topological polar surface area (TPSA) is 98.0 Å². The van der Waals surface area contributed by atoms with Gasteiger partial charge in [0.25, 0.3) is 5.69 Å². The molecule has 1 fully saturated rings. The number of nitrogens with zero attached hydrogens (tertiary/aromatic N) is 2. The first kappa shape index (κ1) is 20.1. The van der Waals surface area contributed by atoms with Crippen molar-refractivity contribution in [2.24, 2.45) is 4.99 Å². The Morgan fingerprint density at radius 2 is 2.35 bits per heavy atom. The molecule has 0 radical (unpaired) electrons. The summed E-state index contributed by atoms with van der Waals surface area (Å²) in [6.07, 6.45) is 3.35. The molecule has 0 spiro atoms. The fraction of sp³-hybridized carbons (Fsp3) is 0.611. The van der Waals surface area contributed by atoms with Gasteiger partial charge in [0.05, 0.1) is 24.2 Å². The largest absolute Gasteiger partial charge is 0.379 e. The molecule has 0 saturated carbocycles. The van der Waals surface area contributed by atoms with Gasteiger partial charge in [-0.25, -0.2) is 4.99 Å². The molecule has 2 rings (SSSR count). The van der Waals surface area contributed by atoms with E-state index in [1.165, 1.54) is 6.07 Å². The van der Waals surface area contributed by atoms with E-state index in [1.807, 2.05) is 13.0 Å². The fourth-order valence-electron chi connectivity index (χ4n) is 2.65. The van der Waals surface area contributed by atoms with Crippen LogP contribution in [0.1, 0.15) is 31.7 Å². The quantitative estimate of drug-likeness (QED) is 0.217. The highest BCUT2D eigenvalue weighted by Gasteiger charge is 2.14. The van der Waals surface area contributed by atoms with Crippen LogP contribution < -0.4 is 10.6 Å². The van der Waals surface area contributed by atoms with E-state index in [4.69, 9.17) is 9.47 Å².